The third-order valence-corrected chi connectivity index (χ3v) is 4.85. The van der Waals surface area contributed by atoms with Gasteiger partial charge in [0.05, 0.1) is 5.60 Å². The fourth-order valence-electron chi connectivity index (χ4n) is 3.19. The molecule has 2 nitrogen and oxygen atoms in total. The smallest absolute Gasteiger partial charge is 0.135 e. The second-order valence-electron chi connectivity index (χ2n) is 6.75. The van der Waals surface area contributed by atoms with Crippen molar-refractivity contribution in [2.75, 3.05) is 0 Å². The van der Waals surface area contributed by atoms with Gasteiger partial charge in [-0.05, 0) is 38.5 Å². The highest BCUT2D eigenvalue weighted by molar-refractivity contribution is 5.82. The Kier molecular flexibility index (Phi) is 7.06. The van der Waals surface area contributed by atoms with Crippen LogP contribution >= 0.6 is 0 Å². The van der Waals surface area contributed by atoms with E-state index >= 15 is 0 Å². The van der Waals surface area contributed by atoms with Gasteiger partial charge < -0.3 is 5.11 Å². The topological polar surface area (TPSA) is 37.3 Å². The van der Waals surface area contributed by atoms with Crippen molar-refractivity contribution >= 4 is 5.78 Å². The number of Topliss-reactive ketones (excluding diaryl/α,β-unsaturated/α-hetero) is 1. The maximum atomic E-state index is 11.5. The lowest BCUT2D eigenvalue weighted by atomic mass is 9.85. The lowest BCUT2D eigenvalue weighted by Crippen LogP contribution is -2.25. The van der Waals surface area contributed by atoms with Gasteiger partial charge in [0.1, 0.15) is 5.78 Å². The molecule has 1 fully saturated rings. The molecule has 3 atom stereocenters. The van der Waals surface area contributed by atoms with Crippen LogP contribution in [-0.4, -0.2) is 16.5 Å². The predicted molar refractivity (Wildman–Crippen MR) is 80.1 cm³/mol. The zero-order valence-corrected chi connectivity index (χ0v) is 13.1. The third-order valence-electron chi connectivity index (χ3n) is 4.85. The fraction of sp³-hybridized carbons (Fsp3) is 0.941. The molecular formula is C17H32O2. The van der Waals surface area contributed by atoms with E-state index in [1.54, 1.807) is 0 Å². The van der Waals surface area contributed by atoms with E-state index in [0.29, 0.717) is 11.7 Å². The second-order valence-corrected chi connectivity index (χ2v) is 6.75. The van der Waals surface area contributed by atoms with Gasteiger partial charge in [0.2, 0.25) is 0 Å². The number of rotatable bonds is 9. The van der Waals surface area contributed by atoms with Crippen LogP contribution in [0, 0.1) is 11.8 Å². The lowest BCUT2D eigenvalue weighted by molar-refractivity contribution is -0.120. The molecule has 0 aliphatic heterocycles. The van der Waals surface area contributed by atoms with Crippen molar-refractivity contribution in [2.45, 2.75) is 90.6 Å². The molecule has 0 radical (unpaired) electrons. The largest absolute Gasteiger partial charge is 0.390 e. The highest BCUT2D eigenvalue weighted by Crippen LogP contribution is 2.34. The van der Waals surface area contributed by atoms with Gasteiger partial charge in [0.25, 0.3) is 0 Å². The van der Waals surface area contributed by atoms with Crippen LogP contribution in [0.5, 0.6) is 0 Å². The number of aliphatic hydroxyl groups is 1. The molecule has 1 unspecified atom stereocenters. The molecule has 0 aromatic rings. The first-order valence-corrected chi connectivity index (χ1v) is 8.21. The summed E-state index contributed by atoms with van der Waals surface area (Å²) in [6, 6.07) is 0. The first-order chi connectivity index (χ1) is 8.96. The summed E-state index contributed by atoms with van der Waals surface area (Å²) >= 11 is 0. The SMILES string of the molecule is CCCCCCC[C@@](C)(O)CC[C@H]1CCC(=O)C1C. The van der Waals surface area contributed by atoms with Gasteiger partial charge in [-0.1, -0.05) is 46.0 Å². The van der Waals surface area contributed by atoms with E-state index in [1.165, 1.54) is 25.7 Å². The van der Waals surface area contributed by atoms with Crippen LogP contribution in [0.3, 0.4) is 0 Å². The van der Waals surface area contributed by atoms with Gasteiger partial charge >= 0.3 is 0 Å². The number of unbranched alkanes of at least 4 members (excludes halogenated alkanes) is 4. The molecule has 1 aliphatic rings. The molecule has 1 saturated carbocycles. The maximum Gasteiger partial charge on any atom is 0.135 e. The first kappa shape index (κ1) is 16.7. The second kappa shape index (κ2) is 8.04. The van der Waals surface area contributed by atoms with E-state index in [4.69, 9.17) is 0 Å². The van der Waals surface area contributed by atoms with Crippen LogP contribution in [0.25, 0.3) is 0 Å². The number of hydrogen-bond acceptors (Lipinski definition) is 2. The average Bonchev–Trinajstić information content (AvgIpc) is 2.67. The zero-order valence-electron chi connectivity index (χ0n) is 13.1. The van der Waals surface area contributed by atoms with Gasteiger partial charge in [-0.3, -0.25) is 4.79 Å². The average molecular weight is 268 g/mol. The summed E-state index contributed by atoms with van der Waals surface area (Å²) in [5.74, 6) is 1.16. The fourth-order valence-corrected chi connectivity index (χ4v) is 3.19. The Bertz CT molecular complexity index is 270. The number of ketones is 1. The molecule has 19 heavy (non-hydrogen) atoms. The molecule has 0 aromatic heterocycles. The molecule has 0 bridgehead atoms. The Hall–Kier alpha value is -0.370. The molecule has 0 aromatic carbocycles. The molecule has 2 heteroatoms. The van der Waals surface area contributed by atoms with Gasteiger partial charge in [0, 0.05) is 12.3 Å². The summed E-state index contributed by atoms with van der Waals surface area (Å²) in [5.41, 5.74) is -0.530. The van der Waals surface area contributed by atoms with Gasteiger partial charge in [-0.15, -0.1) is 0 Å². The first-order valence-electron chi connectivity index (χ1n) is 8.21. The molecule has 0 heterocycles. The predicted octanol–water partition coefficient (Wildman–Crippen LogP) is 4.49. The Morgan fingerprint density at radius 3 is 2.47 bits per heavy atom. The van der Waals surface area contributed by atoms with Crippen molar-refractivity contribution in [3.8, 4) is 0 Å². The van der Waals surface area contributed by atoms with Crippen LogP contribution in [-0.2, 0) is 4.79 Å². The van der Waals surface area contributed by atoms with E-state index in [9.17, 15) is 9.90 Å². The standard InChI is InChI=1S/C17H32O2/c1-4-5-6-7-8-12-17(3,19)13-11-15-9-10-16(18)14(15)2/h14-15,19H,4-13H2,1-3H3/t14?,15-,17-/m1/s1. The number of hydrogen-bond donors (Lipinski definition) is 1. The summed E-state index contributed by atoms with van der Waals surface area (Å²) in [5, 5.41) is 10.4. The number of carbonyl (C=O) groups is 1. The van der Waals surface area contributed by atoms with Crippen LogP contribution in [0.15, 0.2) is 0 Å². The summed E-state index contributed by atoms with van der Waals surface area (Å²) in [7, 11) is 0. The minimum absolute atomic E-state index is 0.223. The van der Waals surface area contributed by atoms with Crippen molar-refractivity contribution in [1.82, 2.24) is 0 Å². The summed E-state index contributed by atoms with van der Waals surface area (Å²) in [4.78, 5) is 11.5. The van der Waals surface area contributed by atoms with E-state index in [0.717, 1.165) is 38.5 Å². The zero-order chi connectivity index (χ0) is 14.3. The quantitative estimate of drug-likeness (QED) is 0.625. The minimum atomic E-state index is -0.530. The van der Waals surface area contributed by atoms with Gasteiger partial charge in [0.15, 0.2) is 0 Å². The monoisotopic (exact) mass is 268 g/mol. The Morgan fingerprint density at radius 1 is 1.21 bits per heavy atom. The van der Waals surface area contributed by atoms with Crippen molar-refractivity contribution < 1.29 is 9.90 Å². The Morgan fingerprint density at radius 2 is 1.89 bits per heavy atom. The van der Waals surface area contributed by atoms with E-state index in [-0.39, 0.29) is 5.92 Å². The molecule has 1 rings (SSSR count). The van der Waals surface area contributed by atoms with Crippen LogP contribution < -0.4 is 0 Å². The lowest BCUT2D eigenvalue weighted by Gasteiger charge is -2.25. The van der Waals surface area contributed by atoms with Crippen molar-refractivity contribution in [3.05, 3.63) is 0 Å². The van der Waals surface area contributed by atoms with Crippen LogP contribution in [0.2, 0.25) is 0 Å². The van der Waals surface area contributed by atoms with Gasteiger partial charge in [-0.25, -0.2) is 0 Å². The minimum Gasteiger partial charge on any atom is -0.390 e. The van der Waals surface area contributed by atoms with Crippen LogP contribution in [0.1, 0.15) is 85.0 Å². The summed E-state index contributed by atoms with van der Waals surface area (Å²) in [6.07, 6.45) is 10.8. The normalized spacial score (nSPS) is 26.6. The molecule has 0 amide bonds. The highest BCUT2D eigenvalue weighted by atomic mass is 16.3. The molecule has 112 valence electrons. The van der Waals surface area contributed by atoms with Crippen molar-refractivity contribution in [2.24, 2.45) is 11.8 Å². The summed E-state index contributed by atoms with van der Waals surface area (Å²) in [6.45, 7) is 6.24. The Balaban J connectivity index is 2.17. The Labute approximate surface area is 119 Å². The van der Waals surface area contributed by atoms with E-state index in [1.807, 2.05) is 6.92 Å². The molecular weight excluding hydrogens is 236 g/mol. The van der Waals surface area contributed by atoms with Crippen LogP contribution in [0.4, 0.5) is 0 Å². The van der Waals surface area contributed by atoms with E-state index < -0.39 is 5.60 Å². The molecule has 1 aliphatic carbocycles. The summed E-state index contributed by atoms with van der Waals surface area (Å²) < 4.78 is 0. The van der Waals surface area contributed by atoms with Crippen molar-refractivity contribution in [3.63, 3.8) is 0 Å². The molecule has 0 spiro atoms. The maximum absolute atomic E-state index is 11.5. The van der Waals surface area contributed by atoms with Gasteiger partial charge in [-0.2, -0.15) is 0 Å². The van der Waals surface area contributed by atoms with E-state index in [2.05, 4.69) is 13.8 Å². The number of carbonyl (C=O) groups excluding carboxylic acids is 1. The highest BCUT2D eigenvalue weighted by Gasteiger charge is 2.32. The molecule has 1 N–H and O–H groups in total. The van der Waals surface area contributed by atoms with Crippen molar-refractivity contribution in [1.29, 1.82) is 0 Å². The molecule has 0 saturated heterocycles. The third kappa shape index (κ3) is 6.07.